The average molecular weight is 524 g/mol. The highest BCUT2D eigenvalue weighted by Gasteiger charge is 2.35. The Morgan fingerprint density at radius 1 is 1.06 bits per heavy atom. The topological polar surface area (TPSA) is 106 Å². The highest BCUT2D eigenvalue weighted by molar-refractivity contribution is 6.30. The molecule has 0 amide bonds. The van der Waals surface area contributed by atoms with E-state index in [1.807, 2.05) is 0 Å². The van der Waals surface area contributed by atoms with E-state index in [-0.39, 0.29) is 43.3 Å². The molecule has 0 bridgehead atoms. The molecule has 0 radical (unpaired) electrons. The summed E-state index contributed by atoms with van der Waals surface area (Å²) in [5.74, 6) is 4.54. The number of alkyl halides is 3. The van der Waals surface area contributed by atoms with Crippen LogP contribution in [0, 0.1) is 0 Å². The first kappa shape index (κ1) is 25.5. The number of nitrogens with zero attached hydrogens (tertiary/aromatic N) is 4. The van der Waals surface area contributed by atoms with Gasteiger partial charge in [0.1, 0.15) is 5.75 Å². The maximum atomic E-state index is 13.6. The Bertz CT molecular complexity index is 1510. The smallest absolute Gasteiger partial charge is 0.419 e. The first-order valence-electron chi connectivity index (χ1n) is 10.7. The molecule has 0 fully saturated rings. The molecule has 0 saturated heterocycles. The molecule has 0 saturated carbocycles. The van der Waals surface area contributed by atoms with E-state index in [1.54, 1.807) is 24.3 Å². The van der Waals surface area contributed by atoms with Gasteiger partial charge in [-0.05, 0) is 36.2 Å². The largest absolute Gasteiger partial charge is 0.425 e. The van der Waals surface area contributed by atoms with E-state index < -0.39 is 28.7 Å². The number of aryl methyl sites for hydroxylation is 1. The Labute approximate surface area is 207 Å². The standard InChI is InChI=1S/C23H21ClF3N5O4/c1-30-19-18(20(33)31(22(30)34)11-4-12-35-28)32(13-14-7-9-15(24)10-8-14)21(29-19)36-17-6-3-2-5-16(17)23(25,26)27/h2-3,5-10H,4,11-13,28H2,1H3. The first-order valence-corrected chi connectivity index (χ1v) is 11.1. The third kappa shape index (κ3) is 5.01. The molecule has 4 aromatic rings. The summed E-state index contributed by atoms with van der Waals surface area (Å²) in [5.41, 5.74) is -1.72. The molecule has 2 N–H and O–H groups in total. The van der Waals surface area contributed by atoms with Gasteiger partial charge in [-0.2, -0.15) is 18.2 Å². The van der Waals surface area contributed by atoms with E-state index in [2.05, 4.69) is 9.82 Å². The lowest BCUT2D eigenvalue weighted by Gasteiger charge is -2.14. The Morgan fingerprint density at radius 3 is 2.42 bits per heavy atom. The van der Waals surface area contributed by atoms with E-state index in [0.29, 0.717) is 10.6 Å². The quantitative estimate of drug-likeness (QED) is 0.279. The summed E-state index contributed by atoms with van der Waals surface area (Å²) in [6.07, 6.45) is -4.40. The van der Waals surface area contributed by atoms with Gasteiger partial charge in [-0.3, -0.25) is 18.5 Å². The van der Waals surface area contributed by atoms with Crippen molar-refractivity contribution < 1.29 is 22.7 Å². The Balaban J connectivity index is 1.93. The monoisotopic (exact) mass is 523 g/mol. The normalized spacial score (nSPS) is 11.8. The van der Waals surface area contributed by atoms with Crippen molar-refractivity contribution in [2.75, 3.05) is 6.61 Å². The minimum atomic E-state index is -4.69. The van der Waals surface area contributed by atoms with Crippen LogP contribution < -0.4 is 21.9 Å². The summed E-state index contributed by atoms with van der Waals surface area (Å²) >= 11 is 5.97. The van der Waals surface area contributed by atoms with Crippen LogP contribution in [0.1, 0.15) is 17.5 Å². The third-order valence-electron chi connectivity index (χ3n) is 5.49. The molecule has 0 aliphatic heterocycles. The van der Waals surface area contributed by atoms with Crippen LogP contribution >= 0.6 is 11.6 Å². The van der Waals surface area contributed by atoms with Gasteiger partial charge in [0.2, 0.25) is 0 Å². The van der Waals surface area contributed by atoms with Crippen LogP contribution in [0.25, 0.3) is 11.2 Å². The van der Waals surface area contributed by atoms with Gasteiger partial charge in [0.15, 0.2) is 11.2 Å². The van der Waals surface area contributed by atoms with E-state index in [4.69, 9.17) is 22.2 Å². The number of benzene rings is 2. The Hall–Kier alpha value is -3.61. The fourth-order valence-electron chi connectivity index (χ4n) is 3.74. The second kappa shape index (κ2) is 10.2. The number of hydrogen-bond donors (Lipinski definition) is 1. The van der Waals surface area contributed by atoms with Gasteiger partial charge in [-0.25, -0.2) is 10.7 Å². The minimum Gasteiger partial charge on any atom is -0.425 e. The number of fused-ring (bicyclic) bond motifs is 1. The van der Waals surface area contributed by atoms with Crippen LogP contribution in [0.3, 0.4) is 0 Å². The summed E-state index contributed by atoms with van der Waals surface area (Å²) in [6, 6.07) is 11.0. The van der Waals surface area contributed by atoms with Gasteiger partial charge < -0.3 is 9.57 Å². The van der Waals surface area contributed by atoms with Crippen molar-refractivity contribution in [3.05, 3.63) is 85.5 Å². The van der Waals surface area contributed by atoms with Crippen molar-refractivity contribution in [1.82, 2.24) is 18.7 Å². The zero-order chi connectivity index (χ0) is 26.0. The Morgan fingerprint density at radius 2 is 1.75 bits per heavy atom. The van der Waals surface area contributed by atoms with Gasteiger partial charge in [0.05, 0.1) is 18.7 Å². The number of para-hydroxylation sites is 1. The Kier molecular flexibility index (Phi) is 7.20. The number of hydrogen-bond acceptors (Lipinski definition) is 6. The van der Waals surface area contributed by atoms with E-state index in [0.717, 1.165) is 21.3 Å². The van der Waals surface area contributed by atoms with Crippen LogP contribution in [0.4, 0.5) is 13.2 Å². The summed E-state index contributed by atoms with van der Waals surface area (Å²) in [7, 11) is 1.41. The zero-order valence-corrected chi connectivity index (χ0v) is 19.7. The van der Waals surface area contributed by atoms with Crippen LogP contribution in [0.2, 0.25) is 5.02 Å². The van der Waals surface area contributed by atoms with Crippen LogP contribution in [0.15, 0.2) is 58.1 Å². The average Bonchev–Trinajstić information content (AvgIpc) is 3.19. The number of imidazole rings is 1. The molecular weight excluding hydrogens is 503 g/mol. The number of aromatic nitrogens is 4. The van der Waals surface area contributed by atoms with Crippen molar-refractivity contribution >= 4 is 22.8 Å². The van der Waals surface area contributed by atoms with E-state index in [1.165, 1.54) is 23.7 Å². The molecule has 2 aromatic heterocycles. The van der Waals surface area contributed by atoms with Crippen molar-refractivity contribution in [1.29, 1.82) is 0 Å². The molecule has 0 aliphatic rings. The molecule has 0 spiro atoms. The molecule has 13 heteroatoms. The van der Waals surface area contributed by atoms with Gasteiger partial charge >= 0.3 is 17.9 Å². The molecule has 36 heavy (non-hydrogen) atoms. The van der Waals surface area contributed by atoms with Gasteiger partial charge in [0, 0.05) is 18.6 Å². The maximum absolute atomic E-state index is 13.6. The summed E-state index contributed by atoms with van der Waals surface area (Å²) in [4.78, 5) is 35.0. The first-order chi connectivity index (χ1) is 17.1. The zero-order valence-electron chi connectivity index (χ0n) is 19.0. The summed E-state index contributed by atoms with van der Waals surface area (Å²) in [5, 5.41) is 0.483. The lowest BCUT2D eigenvalue weighted by Crippen LogP contribution is -2.40. The molecule has 0 atom stereocenters. The second-order valence-electron chi connectivity index (χ2n) is 7.90. The van der Waals surface area contributed by atoms with Crippen molar-refractivity contribution in [2.24, 2.45) is 12.9 Å². The predicted octanol–water partition coefficient (Wildman–Crippen LogP) is 3.69. The summed E-state index contributed by atoms with van der Waals surface area (Å²) < 4.78 is 49.9. The van der Waals surface area contributed by atoms with Gasteiger partial charge in [-0.15, -0.1) is 0 Å². The van der Waals surface area contributed by atoms with Crippen LogP contribution in [0.5, 0.6) is 11.8 Å². The highest BCUT2D eigenvalue weighted by Crippen LogP contribution is 2.38. The van der Waals surface area contributed by atoms with Gasteiger partial charge in [0.25, 0.3) is 5.56 Å². The van der Waals surface area contributed by atoms with Gasteiger partial charge in [-0.1, -0.05) is 35.9 Å². The summed E-state index contributed by atoms with van der Waals surface area (Å²) in [6.45, 7) is 0.134. The van der Waals surface area contributed by atoms with E-state index >= 15 is 0 Å². The molecule has 9 nitrogen and oxygen atoms in total. The van der Waals surface area contributed by atoms with Crippen LogP contribution in [-0.2, 0) is 31.2 Å². The lowest BCUT2D eigenvalue weighted by molar-refractivity contribution is -0.138. The molecule has 190 valence electrons. The number of rotatable bonds is 8. The van der Waals surface area contributed by atoms with Crippen molar-refractivity contribution in [3.63, 3.8) is 0 Å². The van der Waals surface area contributed by atoms with Crippen LogP contribution in [-0.4, -0.2) is 25.3 Å². The van der Waals surface area contributed by atoms with Crippen molar-refractivity contribution in [3.8, 4) is 11.8 Å². The fraction of sp³-hybridized carbons (Fsp3) is 0.261. The number of halogens is 4. The molecule has 4 rings (SSSR count). The number of ether oxygens (including phenoxy) is 1. The highest BCUT2D eigenvalue weighted by atomic mass is 35.5. The molecule has 0 unspecified atom stereocenters. The fourth-order valence-corrected chi connectivity index (χ4v) is 3.87. The number of nitrogens with two attached hydrogens (primary N) is 1. The minimum absolute atomic E-state index is 0.0105. The molecule has 0 aliphatic carbocycles. The molecular formula is C23H21ClF3N5O4. The molecule has 2 aromatic carbocycles. The lowest BCUT2D eigenvalue weighted by atomic mass is 10.2. The maximum Gasteiger partial charge on any atom is 0.419 e. The predicted molar refractivity (Wildman–Crippen MR) is 126 cm³/mol. The van der Waals surface area contributed by atoms with E-state index in [9.17, 15) is 22.8 Å². The molecule has 2 heterocycles. The SMILES string of the molecule is Cn1c(=O)n(CCCON)c(=O)c2c1nc(Oc1ccccc1C(F)(F)F)n2Cc1ccc(Cl)cc1. The third-order valence-corrected chi connectivity index (χ3v) is 5.74. The van der Waals surface area contributed by atoms with Crippen molar-refractivity contribution in [2.45, 2.75) is 25.7 Å². The second-order valence-corrected chi connectivity index (χ2v) is 8.33.